The van der Waals surface area contributed by atoms with Crippen molar-refractivity contribution in [3.05, 3.63) is 34.9 Å². The predicted molar refractivity (Wildman–Crippen MR) is 80.9 cm³/mol. The third-order valence-electron chi connectivity index (χ3n) is 4.56. The van der Waals surface area contributed by atoms with Crippen molar-refractivity contribution >= 4 is 17.5 Å². The third-order valence-corrected chi connectivity index (χ3v) is 4.79. The molecule has 1 atom stereocenters. The monoisotopic (exact) mass is 292 g/mol. The molecular weight excluding hydrogens is 272 g/mol. The Kier molecular flexibility index (Phi) is 3.99. The van der Waals surface area contributed by atoms with Gasteiger partial charge in [-0.15, -0.1) is 0 Å². The first-order chi connectivity index (χ1) is 9.65. The summed E-state index contributed by atoms with van der Waals surface area (Å²) in [7, 11) is 0. The lowest BCUT2D eigenvalue weighted by atomic mass is 9.70. The number of amides is 1. The minimum absolute atomic E-state index is 0.105. The van der Waals surface area contributed by atoms with Crippen LogP contribution in [0.5, 0.6) is 0 Å². The van der Waals surface area contributed by atoms with Crippen molar-refractivity contribution in [1.82, 2.24) is 10.6 Å². The molecule has 0 radical (unpaired) electrons. The first-order valence-electron chi connectivity index (χ1n) is 7.44. The van der Waals surface area contributed by atoms with Crippen molar-refractivity contribution in [2.45, 2.75) is 50.1 Å². The standard InChI is InChI=1S/C16H21ClN2O/c17-13-4-1-3-12(9-13)10-15(20)19-14-5-8-18-16(11-14)6-2-7-16/h1,3-4,9,14,18H,2,5-8,10-11H2,(H,19,20). The molecular formula is C16H21ClN2O. The Morgan fingerprint density at radius 3 is 3.00 bits per heavy atom. The fourth-order valence-corrected chi connectivity index (χ4v) is 3.59. The summed E-state index contributed by atoms with van der Waals surface area (Å²) >= 11 is 5.94. The van der Waals surface area contributed by atoms with Crippen LogP contribution in [-0.2, 0) is 11.2 Å². The van der Waals surface area contributed by atoms with Gasteiger partial charge in [0.1, 0.15) is 0 Å². The zero-order chi connectivity index (χ0) is 14.0. The molecule has 1 saturated heterocycles. The van der Waals surface area contributed by atoms with Crippen LogP contribution in [0.25, 0.3) is 0 Å². The van der Waals surface area contributed by atoms with E-state index in [1.54, 1.807) is 0 Å². The first-order valence-corrected chi connectivity index (χ1v) is 7.82. The quantitative estimate of drug-likeness (QED) is 0.899. The Labute approximate surface area is 125 Å². The van der Waals surface area contributed by atoms with Crippen LogP contribution in [-0.4, -0.2) is 24.0 Å². The number of hydrogen-bond acceptors (Lipinski definition) is 2. The van der Waals surface area contributed by atoms with Gasteiger partial charge in [0, 0.05) is 16.6 Å². The van der Waals surface area contributed by atoms with Gasteiger partial charge in [0.15, 0.2) is 0 Å². The molecule has 3 nitrogen and oxygen atoms in total. The lowest BCUT2D eigenvalue weighted by Crippen LogP contribution is -2.59. The van der Waals surface area contributed by atoms with E-state index in [-0.39, 0.29) is 5.91 Å². The van der Waals surface area contributed by atoms with E-state index in [0.717, 1.165) is 24.9 Å². The number of hydrogen-bond donors (Lipinski definition) is 2. The maximum atomic E-state index is 12.1. The molecule has 2 aliphatic rings. The molecule has 1 aliphatic carbocycles. The van der Waals surface area contributed by atoms with Crippen molar-refractivity contribution in [1.29, 1.82) is 0 Å². The second kappa shape index (κ2) is 5.74. The molecule has 1 aromatic rings. The Bertz CT molecular complexity index is 499. The number of piperidine rings is 1. The molecule has 1 heterocycles. The molecule has 1 spiro atoms. The fourth-order valence-electron chi connectivity index (χ4n) is 3.38. The molecule has 0 bridgehead atoms. The van der Waals surface area contributed by atoms with E-state index < -0.39 is 0 Å². The Hall–Kier alpha value is -1.06. The normalized spacial score (nSPS) is 24.1. The predicted octanol–water partition coefficient (Wildman–Crippen LogP) is 2.67. The van der Waals surface area contributed by atoms with E-state index in [1.807, 2.05) is 24.3 Å². The Morgan fingerprint density at radius 2 is 2.30 bits per heavy atom. The highest BCUT2D eigenvalue weighted by Gasteiger charge is 2.41. The van der Waals surface area contributed by atoms with E-state index in [4.69, 9.17) is 11.6 Å². The second-order valence-electron chi connectivity index (χ2n) is 6.12. The van der Waals surface area contributed by atoms with E-state index in [2.05, 4.69) is 10.6 Å². The number of nitrogens with one attached hydrogen (secondary N) is 2. The van der Waals surface area contributed by atoms with Crippen LogP contribution in [0, 0.1) is 0 Å². The summed E-state index contributed by atoms with van der Waals surface area (Å²) in [5.74, 6) is 0.105. The summed E-state index contributed by atoms with van der Waals surface area (Å²) in [6, 6.07) is 7.84. The molecule has 20 heavy (non-hydrogen) atoms. The average molecular weight is 293 g/mol. The zero-order valence-corrected chi connectivity index (χ0v) is 12.4. The van der Waals surface area contributed by atoms with Crippen LogP contribution in [0.15, 0.2) is 24.3 Å². The summed E-state index contributed by atoms with van der Waals surface area (Å²) in [5, 5.41) is 7.50. The molecule has 0 aromatic heterocycles. The molecule has 1 amide bonds. The van der Waals surface area contributed by atoms with Crippen molar-refractivity contribution < 1.29 is 4.79 Å². The summed E-state index contributed by atoms with van der Waals surface area (Å²) in [6.07, 6.45) is 6.35. The lowest BCUT2D eigenvalue weighted by Gasteiger charge is -2.48. The summed E-state index contributed by atoms with van der Waals surface area (Å²) in [4.78, 5) is 12.1. The minimum atomic E-state index is 0.105. The number of benzene rings is 1. The number of halogens is 1. The van der Waals surface area contributed by atoms with Gasteiger partial charge in [0.25, 0.3) is 0 Å². The number of carbonyl (C=O) groups excluding carboxylic acids is 1. The average Bonchev–Trinajstić information content (AvgIpc) is 2.37. The summed E-state index contributed by atoms with van der Waals surface area (Å²) < 4.78 is 0. The molecule has 1 aromatic carbocycles. The Morgan fingerprint density at radius 1 is 1.45 bits per heavy atom. The third kappa shape index (κ3) is 3.15. The van der Waals surface area contributed by atoms with Gasteiger partial charge in [-0.1, -0.05) is 23.7 Å². The van der Waals surface area contributed by atoms with Gasteiger partial charge in [-0.3, -0.25) is 4.79 Å². The van der Waals surface area contributed by atoms with Crippen LogP contribution in [0.4, 0.5) is 0 Å². The van der Waals surface area contributed by atoms with Crippen LogP contribution >= 0.6 is 11.6 Å². The second-order valence-corrected chi connectivity index (χ2v) is 6.56. The lowest BCUT2D eigenvalue weighted by molar-refractivity contribution is -0.121. The van der Waals surface area contributed by atoms with Crippen molar-refractivity contribution in [2.75, 3.05) is 6.54 Å². The summed E-state index contributed by atoms with van der Waals surface area (Å²) in [6.45, 7) is 1.02. The first kappa shape index (κ1) is 13.9. The van der Waals surface area contributed by atoms with E-state index in [1.165, 1.54) is 19.3 Å². The number of carbonyl (C=O) groups is 1. The van der Waals surface area contributed by atoms with Gasteiger partial charge in [-0.25, -0.2) is 0 Å². The van der Waals surface area contributed by atoms with E-state index in [9.17, 15) is 4.79 Å². The molecule has 1 aliphatic heterocycles. The van der Waals surface area contributed by atoms with Gasteiger partial charge >= 0.3 is 0 Å². The highest BCUT2D eigenvalue weighted by Crippen LogP contribution is 2.38. The molecule has 2 N–H and O–H groups in total. The minimum Gasteiger partial charge on any atom is -0.353 e. The van der Waals surface area contributed by atoms with E-state index in [0.29, 0.717) is 23.0 Å². The van der Waals surface area contributed by atoms with Crippen molar-refractivity contribution in [3.8, 4) is 0 Å². The maximum Gasteiger partial charge on any atom is 0.224 e. The molecule has 4 heteroatoms. The largest absolute Gasteiger partial charge is 0.353 e. The van der Waals surface area contributed by atoms with Crippen molar-refractivity contribution in [2.24, 2.45) is 0 Å². The van der Waals surface area contributed by atoms with Gasteiger partial charge in [0.05, 0.1) is 6.42 Å². The van der Waals surface area contributed by atoms with Crippen LogP contribution in [0.2, 0.25) is 5.02 Å². The molecule has 108 valence electrons. The topological polar surface area (TPSA) is 41.1 Å². The highest BCUT2D eigenvalue weighted by molar-refractivity contribution is 6.30. The summed E-state index contributed by atoms with van der Waals surface area (Å²) in [5.41, 5.74) is 1.30. The van der Waals surface area contributed by atoms with Crippen LogP contribution < -0.4 is 10.6 Å². The van der Waals surface area contributed by atoms with E-state index >= 15 is 0 Å². The number of rotatable bonds is 3. The molecule has 1 unspecified atom stereocenters. The SMILES string of the molecule is O=C(Cc1cccc(Cl)c1)NC1CCNC2(CCC2)C1. The highest BCUT2D eigenvalue weighted by atomic mass is 35.5. The zero-order valence-electron chi connectivity index (χ0n) is 11.6. The van der Waals surface area contributed by atoms with Gasteiger partial charge in [-0.05, 0) is 56.3 Å². The maximum absolute atomic E-state index is 12.1. The van der Waals surface area contributed by atoms with Crippen LogP contribution in [0.1, 0.15) is 37.7 Å². The van der Waals surface area contributed by atoms with Gasteiger partial charge < -0.3 is 10.6 Å². The molecule has 1 saturated carbocycles. The van der Waals surface area contributed by atoms with Crippen molar-refractivity contribution in [3.63, 3.8) is 0 Å². The van der Waals surface area contributed by atoms with Gasteiger partial charge in [-0.2, -0.15) is 0 Å². The fraction of sp³-hybridized carbons (Fsp3) is 0.562. The Balaban J connectivity index is 1.53. The molecule has 3 rings (SSSR count). The smallest absolute Gasteiger partial charge is 0.224 e. The van der Waals surface area contributed by atoms with Gasteiger partial charge in [0.2, 0.25) is 5.91 Å². The molecule has 2 fully saturated rings. The van der Waals surface area contributed by atoms with Crippen LogP contribution in [0.3, 0.4) is 0 Å².